The monoisotopic (exact) mass is 261 g/mol. The summed E-state index contributed by atoms with van der Waals surface area (Å²) in [7, 11) is 0. The van der Waals surface area contributed by atoms with Crippen molar-refractivity contribution in [3.8, 4) is 10.4 Å². The van der Waals surface area contributed by atoms with Gasteiger partial charge in [-0.3, -0.25) is 4.98 Å². The van der Waals surface area contributed by atoms with Gasteiger partial charge < -0.3 is 10.6 Å². The maximum absolute atomic E-state index is 11.3. The van der Waals surface area contributed by atoms with Gasteiger partial charge in [0.1, 0.15) is 0 Å². The third-order valence-electron chi connectivity index (χ3n) is 2.39. The van der Waals surface area contributed by atoms with Crippen molar-refractivity contribution in [2.24, 2.45) is 0 Å². The molecule has 0 atom stereocenters. The number of urea groups is 1. The molecule has 2 heterocycles. The Kier molecular flexibility index (Phi) is 4.30. The number of hydrogen-bond acceptors (Lipinski definition) is 3. The maximum atomic E-state index is 11.3. The van der Waals surface area contributed by atoms with Gasteiger partial charge in [0.2, 0.25) is 0 Å². The van der Waals surface area contributed by atoms with Crippen LogP contribution in [-0.4, -0.2) is 17.6 Å². The summed E-state index contributed by atoms with van der Waals surface area (Å²) in [5, 5.41) is 7.51. The van der Waals surface area contributed by atoms with Crippen molar-refractivity contribution >= 4 is 17.4 Å². The van der Waals surface area contributed by atoms with Crippen molar-refractivity contribution in [2.45, 2.75) is 13.5 Å². The quantitative estimate of drug-likeness (QED) is 0.889. The molecule has 2 amide bonds. The van der Waals surface area contributed by atoms with Gasteiger partial charge in [0.15, 0.2) is 0 Å². The third-order valence-corrected chi connectivity index (χ3v) is 3.31. The third kappa shape index (κ3) is 3.30. The minimum absolute atomic E-state index is 0.154. The summed E-state index contributed by atoms with van der Waals surface area (Å²) in [6, 6.07) is 5.96. The number of hydrogen-bond donors (Lipinski definition) is 2. The molecule has 0 saturated heterocycles. The molecule has 2 aromatic heterocycles. The zero-order valence-electron chi connectivity index (χ0n) is 10.1. The minimum Gasteiger partial charge on any atom is -0.338 e. The lowest BCUT2D eigenvalue weighted by Gasteiger charge is -2.06. The van der Waals surface area contributed by atoms with E-state index in [1.165, 1.54) is 4.88 Å². The molecule has 0 aliphatic carbocycles. The first-order valence-electron chi connectivity index (χ1n) is 5.79. The lowest BCUT2D eigenvalue weighted by molar-refractivity contribution is 0.241. The van der Waals surface area contributed by atoms with Crippen LogP contribution in [0.5, 0.6) is 0 Å². The van der Waals surface area contributed by atoms with Crippen LogP contribution in [0.1, 0.15) is 12.5 Å². The summed E-state index contributed by atoms with van der Waals surface area (Å²) in [4.78, 5) is 16.7. The highest BCUT2D eigenvalue weighted by atomic mass is 32.1. The summed E-state index contributed by atoms with van der Waals surface area (Å²) in [6.45, 7) is 3.00. The Bertz CT molecular complexity index is 511. The first-order chi connectivity index (χ1) is 8.79. The maximum Gasteiger partial charge on any atom is 0.315 e. The van der Waals surface area contributed by atoms with Gasteiger partial charge in [-0.15, -0.1) is 11.3 Å². The van der Waals surface area contributed by atoms with Crippen molar-refractivity contribution in [3.63, 3.8) is 0 Å². The summed E-state index contributed by atoms with van der Waals surface area (Å²) >= 11 is 1.68. The molecule has 0 bridgehead atoms. The highest BCUT2D eigenvalue weighted by Crippen LogP contribution is 2.24. The molecule has 5 heteroatoms. The normalized spacial score (nSPS) is 10.1. The standard InChI is InChI=1S/C13H15N3OS/c1-2-15-13(17)16-8-10-6-11(9-14-7-10)12-4-3-5-18-12/h3-7,9H,2,8H2,1H3,(H2,15,16,17). The predicted octanol–water partition coefficient (Wildman–Crippen LogP) is 2.63. The van der Waals surface area contributed by atoms with E-state index >= 15 is 0 Å². The Hall–Kier alpha value is -1.88. The summed E-state index contributed by atoms with van der Waals surface area (Å²) in [6.07, 6.45) is 3.60. The van der Waals surface area contributed by atoms with E-state index < -0.39 is 0 Å². The number of rotatable bonds is 4. The second-order valence-electron chi connectivity index (χ2n) is 3.77. The van der Waals surface area contributed by atoms with E-state index in [2.05, 4.69) is 21.7 Å². The van der Waals surface area contributed by atoms with Crippen molar-refractivity contribution in [2.75, 3.05) is 6.54 Å². The molecule has 2 N–H and O–H groups in total. The Morgan fingerprint density at radius 2 is 2.28 bits per heavy atom. The van der Waals surface area contributed by atoms with Crippen LogP contribution in [0.2, 0.25) is 0 Å². The van der Waals surface area contributed by atoms with Crippen LogP contribution in [0.4, 0.5) is 4.79 Å². The van der Waals surface area contributed by atoms with Crippen molar-refractivity contribution in [1.29, 1.82) is 0 Å². The number of nitrogens with zero attached hydrogens (tertiary/aromatic N) is 1. The lowest BCUT2D eigenvalue weighted by atomic mass is 10.2. The molecule has 0 spiro atoms. The van der Waals surface area contributed by atoms with Gasteiger partial charge in [0, 0.05) is 35.9 Å². The zero-order valence-corrected chi connectivity index (χ0v) is 11.0. The van der Waals surface area contributed by atoms with Gasteiger partial charge in [0.25, 0.3) is 0 Å². The van der Waals surface area contributed by atoms with Crippen LogP contribution in [0.15, 0.2) is 36.0 Å². The Morgan fingerprint density at radius 3 is 3.00 bits per heavy atom. The molecule has 0 unspecified atom stereocenters. The molecular formula is C13H15N3OS. The van der Waals surface area contributed by atoms with Gasteiger partial charge in [0.05, 0.1) is 0 Å². The molecule has 2 aromatic rings. The van der Waals surface area contributed by atoms with E-state index in [0.29, 0.717) is 13.1 Å². The van der Waals surface area contributed by atoms with E-state index in [1.807, 2.05) is 30.6 Å². The number of nitrogens with one attached hydrogen (secondary N) is 2. The molecule has 94 valence electrons. The Morgan fingerprint density at radius 1 is 1.39 bits per heavy atom. The highest BCUT2D eigenvalue weighted by molar-refractivity contribution is 7.13. The van der Waals surface area contributed by atoms with Crippen LogP contribution >= 0.6 is 11.3 Å². The molecular weight excluding hydrogens is 246 g/mol. The van der Waals surface area contributed by atoms with Crippen LogP contribution in [0.25, 0.3) is 10.4 Å². The number of pyridine rings is 1. The molecule has 4 nitrogen and oxygen atoms in total. The van der Waals surface area contributed by atoms with E-state index in [4.69, 9.17) is 0 Å². The van der Waals surface area contributed by atoms with Gasteiger partial charge in [-0.25, -0.2) is 4.79 Å². The molecule has 0 aliphatic heterocycles. The second-order valence-corrected chi connectivity index (χ2v) is 4.72. The Labute approximate surface area is 110 Å². The van der Waals surface area contributed by atoms with Crippen LogP contribution in [0, 0.1) is 0 Å². The SMILES string of the molecule is CCNC(=O)NCc1cncc(-c2cccs2)c1. The van der Waals surface area contributed by atoms with Crippen LogP contribution in [0.3, 0.4) is 0 Å². The number of carbonyl (C=O) groups is 1. The largest absolute Gasteiger partial charge is 0.338 e. The van der Waals surface area contributed by atoms with Crippen LogP contribution in [-0.2, 0) is 6.54 Å². The lowest BCUT2D eigenvalue weighted by Crippen LogP contribution is -2.34. The summed E-state index contributed by atoms with van der Waals surface area (Å²) in [5.41, 5.74) is 2.08. The fraction of sp³-hybridized carbons (Fsp3) is 0.231. The highest BCUT2D eigenvalue weighted by Gasteiger charge is 2.02. The number of amides is 2. The molecule has 0 saturated carbocycles. The number of carbonyl (C=O) groups excluding carboxylic acids is 1. The average molecular weight is 261 g/mol. The molecule has 0 fully saturated rings. The van der Waals surface area contributed by atoms with E-state index in [9.17, 15) is 4.79 Å². The smallest absolute Gasteiger partial charge is 0.315 e. The topological polar surface area (TPSA) is 54.0 Å². The van der Waals surface area contributed by atoms with Crippen molar-refractivity contribution in [3.05, 3.63) is 41.5 Å². The molecule has 18 heavy (non-hydrogen) atoms. The van der Waals surface area contributed by atoms with E-state index in [-0.39, 0.29) is 6.03 Å². The predicted molar refractivity (Wildman–Crippen MR) is 73.5 cm³/mol. The van der Waals surface area contributed by atoms with Gasteiger partial charge in [-0.1, -0.05) is 6.07 Å². The summed E-state index contributed by atoms with van der Waals surface area (Å²) in [5.74, 6) is 0. The number of aromatic nitrogens is 1. The zero-order chi connectivity index (χ0) is 12.8. The van der Waals surface area contributed by atoms with Gasteiger partial charge in [-0.05, 0) is 30.0 Å². The molecule has 0 aliphatic rings. The van der Waals surface area contributed by atoms with Crippen molar-refractivity contribution < 1.29 is 4.79 Å². The molecule has 0 aromatic carbocycles. The summed E-state index contributed by atoms with van der Waals surface area (Å²) < 4.78 is 0. The molecule has 0 radical (unpaired) electrons. The van der Waals surface area contributed by atoms with Gasteiger partial charge >= 0.3 is 6.03 Å². The van der Waals surface area contributed by atoms with E-state index in [0.717, 1.165) is 11.1 Å². The number of thiophene rings is 1. The second kappa shape index (κ2) is 6.16. The average Bonchev–Trinajstić information content (AvgIpc) is 2.91. The fourth-order valence-electron chi connectivity index (χ4n) is 1.57. The first kappa shape index (κ1) is 12.6. The fourth-order valence-corrected chi connectivity index (χ4v) is 2.28. The first-order valence-corrected chi connectivity index (χ1v) is 6.67. The van der Waals surface area contributed by atoms with Crippen molar-refractivity contribution in [1.82, 2.24) is 15.6 Å². The molecule has 2 rings (SSSR count). The van der Waals surface area contributed by atoms with Crippen LogP contribution < -0.4 is 10.6 Å². The van der Waals surface area contributed by atoms with Gasteiger partial charge in [-0.2, -0.15) is 0 Å². The Balaban J connectivity index is 2.02. The minimum atomic E-state index is -0.154. The van der Waals surface area contributed by atoms with E-state index in [1.54, 1.807) is 17.5 Å².